The third-order valence-corrected chi connectivity index (χ3v) is 3.59. The molecule has 1 aromatic carbocycles. The van der Waals surface area contributed by atoms with E-state index >= 15 is 0 Å². The minimum Gasteiger partial charge on any atom is -0.460 e. The third kappa shape index (κ3) is 4.51. The molecular formula is C15H19BrN4O3. The van der Waals surface area contributed by atoms with Gasteiger partial charge in [-0.15, -0.1) is 5.10 Å². The number of hydrogen-bond acceptors (Lipinski definition) is 5. The summed E-state index contributed by atoms with van der Waals surface area (Å²) < 4.78 is 7.56. The summed E-state index contributed by atoms with van der Waals surface area (Å²) in [6.07, 6.45) is 0.279. The van der Waals surface area contributed by atoms with Crippen molar-refractivity contribution < 1.29 is 14.3 Å². The van der Waals surface area contributed by atoms with Crippen LogP contribution in [0.5, 0.6) is 0 Å². The van der Waals surface area contributed by atoms with Gasteiger partial charge in [0, 0.05) is 10.9 Å². The second-order valence-electron chi connectivity index (χ2n) is 6.21. The molecule has 2 N–H and O–H groups in total. The number of rotatable bonds is 5. The van der Waals surface area contributed by atoms with Crippen LogP contribution < -0.4 is 5.73 Å². The Labute approximate surface area is 142 Å². The van der Waals surface area contributed by atoms with Gasteiger partial charge in [-0.1, -0.05) is 21.1 Å². The van der Waals surface area contributed by atoms with Gasteiger partial charge in [0.2, 0.25) is 5.91 Å². The molecule has 0 aliphatic carbocycles. The molecule has 1 heterocycles. The summed E-state index contributed by atoms with van der Waals surface area (Å²) in [5.41, 5.74) is 6.23. The maximum atomic E-state index is 11.8. The molecule has 2 aromatic rings. The Balaban J connectivity index is 2.18. The Morgan fingerprint density at radius 1 is 1.39 bits per heavy atom. The Bertz CT molecular complexity index is 736. The van der Waals surface area contributed by atoms with Crippen LogP contribution in [0.1, 0.15) is 39.7 Å². The number of ether oxygens (including phenoxy) is 1. The zero-order valence-electron chi connectivity index (χ0n) is 13.2. The molecule has 0 aliphatic heterocycles. The Morgan fingerprint density at radius 3 is 2.70 bits per heavy atom. The van der Waals surface area contributed by atoms with Crippen molar-refractivity contribution in [1.29, 1.82) is 0 Å². The number of halogens is 1. The smallest absolute Gasteiger partial charge is 0.306 e. The molecule has 0 aliphatic rings. The maximum absolute atomic E-state index is 11.8. The highest BCUT2D eigenvalue weighted by Crippen LogP contribution is 2.23. The fraction of sp³-hybridized carbons (Fsp3) is 0.467. The van der Waals surface area contributed by atoms with Crippen molar-refractivity contribution in [3.8, 4) is 0 Å². The van der Waals surface area contributed by atoms with Crippen LogP contribution in [0.3, 0.4) is 0 Å². The molecule has 0 bridgehead atoms. The van der Waals surface area contributed by atoms with Crippen molar-refractivity contribution in [3.63, 3.8) is 0 Å². The van der Waals surface area contributed by atoms with Gasteiger partial charge in [-0.2, -0.15) is 0 Å². The van der Waals surface area contributed by atoms with Gasteiger partial charge in [-0.25, -0.2) is 4.68 Å². The first kappa shape index (κ1) is 17.4. The quantitative estimate of drug-likeness (QED) is 0.799. The van der Waals surface area contributed by atoms with Crippen LogP contribution >= 0.6 is 15.9 Å². The number of esters is 1. The van der Waals surface area contributed by atoms with Gasteiger partial charge >= 0.3 is 5.97 Å². The fourth-order valence-corrected chi connectivity index (χ4v) is 2.53. The number of carbonyl (C=O) groups is 2. The highest BCUT2D eigenvalue weighted by molar-refractivity contribution is 9.10. The normalized spacial score (nSPS) is 13.0. The van der Waals surface area contributed by atoms with Gasteiger partial charge < -0.3 is 10.5 Å². The Kier molecular flexibility index (Phi) is 5.03. The topological polar surface area (TPSA) is 100 Å². The highest BCUT2D eigenvalue weighted by Gasteiger charge is 2.24. The average Bonchev–Trinajstić information content (AvgIpc) is 2.79. The summed E-state index contributed by atoms with van der Waals surface area (Å²) in [6, 6.07) is 4.66. The van der Waals surface area contributed by atoms with Gasteiger partial charge in [0.05, 0.1) is 5.52 Å². The Hall–Kier alpha value is -1.96. The largest absolute Gasteiger partial charge is 0.460 e. The molecular weight excluding hydrogens is 364 g/mol. The molecule has 0 radical (unpaired) electrons. The number of fused-ring (bicyclic) bond motifs is 1. The van der Waals surface area contributed by atoms with Crippen molar-refractivity contribution in [1.82, 2.24) is 15.0 Å². The first-order valence-corrected chi connectivity index (χ1v) is 7.98. The molecule has 0 saturated carbocycles. The van der Waals surface area contributed by atoms with Crippen molar-refractivity contribution in [2.45, 2.75) is 45.3 Å². The predicted octanol–water partition coefficient (Wildman–Crippen LogP) is 2.34. The molecule has 1 amide bonds. The fourth-order valence-electron chi connectivity index (χ4n) is 2.18. The summed E-state index contributed by atoms with van der Waals surface area (Å²) in [5.74, 6) is -0.945. The molecule has 1 atom stereocenters. The first-order chi connectivity index (χ1) is 10.7. The SMILES string of the molecule is CC(C)(C)OC(=O)CCC(C(N)=O)n1nnc2cc(Br)ccc21. The lowest BCUT2D eigenvalue weighted by Gasteiger charge is -2.20. The molecule has 0 spiro atoms. The maximum Gasteiger partial charge on any atom is 0.306 e. The molecule has 0 fully saturated rings. The van der Waals surface area contributed by atoms with E-state index in [9.17, 15) is 9.59 Å². The van der Waals surface area contributed by atoms with E-state index in [2.05, 4.69) is 26.2 Å². The summed E-state index contributed by atoms with van der Waals surface area (Å²) in [4.78, 5) is 23.6. The first-order valence-electron chi connectivity index (χ1n) is 7.19. The predicted molar refractivity (Wildman–Crippen MR) is 88.5 cm³/mol. The van der Waals surface area contributed by atoms with Crippen molar-refractivity contribution in [2.24, 2.45) is 5.73 Å². The van der Waals surface area contributed by atoms with E-state index in [0.29, 0.717) is 11.0 Å². The van der Waals surface area contributed by atoms with E-state index in [0.717, 1.165) is 4.47 Å². The lowest BCUT2D eigenvalue weighted by molar-refractivity contribution is -0.155. The second-order valence-corrected chi connectivity index (χ2v) is 7.13. The number of benzene rings is 1. The second kappa shape index (κ2) is 6.66. The van der Waals surface area contributed by atoms with Crippen molar-refractivity contribution in [2.75, 3.05) is 0 Å². The number of carbonyl (C=O) groups excluding carboxylic acids is 2. The van der Waals surface area contributed by atoms with Crippen molar-refractivity contribution in [3.05, 3.63) is 22.7 Å². The number of nitrogens with two attached hydrogens (primary N) is 1. The molecule has 23 heavy (non-hydrogen) atoms. The summed E-state index contributed by atoms with van der Waals surface area (Å²) in [5, 5.41) is 8.03. The van der Waals surface area contributed by atoms with Crippen LogP contribution in [0.25, 0.3) is 11.0 Å². The van der Waals surface area contributed by atoms with Crippen molar-refractivity contribution >= 4 is 38.8 Å². The van der Waals surface area contributed by atoms with E-state index in [1.165, 1.54) is 4.68 Å². The van der Waals surface area contributed by atoms with Gasteiger partial charge in [-0.3, -0.25) is 9.59 Å². The molecule has 7 nitrogen and oxygen atoms in total. The van der Waals surface area contributed by atoms with Crippen LogP contribution in [0.2, 0.25) is 0 Å². The van der Waals surface area contributed by atoms with Gasteiger partial charge in [0.1, 0.15) is 17.2 Å². The van der Waals surface area contributed by atoms with E-state index in [1.807, 2.05) is 6.07 Å². The molecule has 2 rings (SSSR count). The molecule has 1 aromatic heterocycles. The third-order valence-electron chi connectivity index (χ3n) is 3.10. The minimum absolute atomic E-state index is 0.0722. The number of amides is 1. The molecule has 124 valence electrons. The molecule has 8 heteroatoms. The van der Waals surface area contributed by atoms with E-state index in [-0.39, 0.29) is 18.8 Å². The lowest BCUT2D eigenvalue weighted by atomic mass is 10.1. The lowest BCUT2D eigenvalue weighted by Crippen LogP contribution is -2.29. The van der Waals surface area contributed by atoms with Crippen LogP contribution in [0.4, 0.5) is 0 Å². The average molecular weight is 383 g/mol. The number of hydrogen-bond donors (Lipinski definition) is 1. The summed E-state index contributed by atoms with van der Waals surface area (Å²) in [6.45, 7) is 5.37. The zero-order valence-corrected chi connectivity index (χ0v) is 14.8. The Morgan fingerprint density at radius 2 is 2.09 bits per heavy atom. The van der Waals surface area contributed by atoms with Gasteiger partial charge in [-0.05, 0) is 45.4 Å². The molecule has 1 unspecified atom stereocenters. The van der Waals surface area contributed by atoms with E-state index in [1.54, 1.807) is 32.9 Å². The standard InChI is InChI=1S/C15H19BrN4O3/c1-15(2,3)23-13(21)7-6-12(14(17)22)20-11-5-4-9(16)8-10(11)18-19-20/h4-5,8,12H,6-7H2,1-3H3,(H2,17,22). The van der Waals surface area contributed by atoms with Gasteiger partial charge in [0.15, 0.2) is 0 Å². The van der Waals surface area contributed by atoms with Crippen LogP contribution in [0.15, 0.2) is 22.7 Å². The summed E-state index contributed by atoms with van der Waals surface area (Å²) in [7, 11) is 0. The van der Waals surface area contributed by atoms with E-state index in [4.69, 9.17) is 10.5 Å². The number of nitrogens with zero attached hydrogens (tertiary/aromatic N) is 3. The minimum atomic E-state index is -0.756. The van der Waals surface area contributed by atoms with Crippen LogP contribution in [-0.4, -0.2) is 32.5 Å². The van der Waals surface area contributed by atoms with Crippen LogP contribution in [0, 0.1) is 0 Å². The highest BCUT2D eigenvalue weighted by atomic mass is 79.9. The zero-order chi connectivity index (χ0) is 17.2. The molecule has 0 saturated heterocycles. The number of primary amides is 1. The van der Waals surface area contributed by atoms with E-state index < -0.39 is 17.6 Å². The van der Waals surface area contributed by atoms with Crippen LogP contribution in [-0.2, 0) is 14.3 Å². The van der Waals surface area contributed by atoms with Gasteiger partial charge in [0.25, 0.3) is 0 Å². The monoisotopic (exact) mass is 382 g/mol. The number of aromatic nitrogens is 3. The summed E-state index contributed by atoms with van der Waals surface area (Å²) >= 11 is 3.36.